The summed E-state index contributed by atoms with van der Waals surface area (Å²) >= 11 is 0. The van der Waals surface area contributed by atoms with Crippen LogP contribution in [0.4, 0.5) is 0 Å². The third-order valence-electron chi connectivity index (χ3n) is 4.63. The smallest absolute Gasteiger partial charge is 0.157 e. The summed E-state index contributed by atoms with van der Waals surface area (Å²) in [4.78, 5) is 0. The van der Waals surface area contributed by atoms with Crippen molar-refractivity contribution in [1.29, 1.82) is 0 Å². The van der Waals surface area contributed by atoms with E-state index in [-0.39, 0.29) is 12.4 Å². The molecule has 1 N–H and O–H groups in total. The molecule has 2 bridgehead atoms. The lowest BCUT2D eigenvalue weighted by Crippen LogP contribution is -2.45. The summed E-state index contributed by atoms with van der Waals surface area (Å²) in [5.74, 6) is 2.18. The Morgan fingerprint density at radius 2 is 1.78 bits per heavy atom. The van der Waals surface area contributed by atoms with Crippen molar-refractivity contribution in [3.63, 3.8) is 0 Å². The van der Waals surface area contributed by atoms with Gasteiger partial charge in [-0.1, -0.05) is 0 Å². The molecule has 3 aliphatic rings. The molecule has 18 heavy (non-hydrogen) atoms. The van der Waals surface area contributed by atoms with Crippen molar-refractivity contribution in [3.05, 3.63) is 0 Å². The fraction of sp³-hybridized carbons (Fsp3) is 1.00. The Balaban J connectivity index is 1.66. The molecule has 3 rings (SSSR count). The van der Waals surface area contributed by atoms with Gasteiger partial charge >= 0.3 is 0 Å². The molecule has 0 amide bonds. The quantitative estimate of drug-likeness (QED) is 0.679. The van der Waals surface area contributed by atoms with Crippen LogP contribution in [0.2, 0.25) is 0 Å². The van der Waals surface area contributed by atoms with Crippen molar-refractivity contribution in [3.8, 4) is 0 Å². The molecule has 3 saturated carbocycles. The normalized spacial score (nSPS) is 34.7. The first-order valence-corrected chi connectivity index (χ1v) is 7.65. The Labute approximate surface area is 111 Å². The second kappa shape index (κ2) is 6.88. The maximum absolute atomic E-state index is 10.1. The summed E-state index contributed by atoms with van der Waals surface area (Å²) in [6.07, 6.45) is 6.88. The predicted molar refractivity (Wildman–Crippen MR) is 71.2 cm³/mol. The van der Waals surface area contributed by atoms with Gasteiger partial charge in [0.25, 0.3) is 0 Å². The zero-order valence-corrected chi connectivity index (χ0v) is 11.8. The van der Waals surface area contributed by atoms with Gasteiger partial charge in [-0.15, -0.1) is 0 Å². The molecule has 3 aliphatic carbocycles. The molecule has 106 valence electrons. The van der Waals surface area contributed by atoms with E-state index in [2.05, 4.69) is 0 Å². The van der Waals surface area contributed by atoms with Crippen molar-refractivity contribution in [2.45, 2.75) is 64.8 Å². The number of hydrogen-bond acceptors (Lipinski definition) is 3. The van der Waals surface area contributed by atoms with Gasteiger partial charge in [0.1, 0.15) is 0 Å². The highest BCUT2D eigenvalue weighted by Gasteiger charge is 2.44. The Hall–Kier alpha value is -0.120. The number of hydrogen-bond donors (Lipinski definition) is 1. The van der Waals surface area contributed by atoms with Crippen LogP contribution in [0.3, 0.4) is 0 Å². The van der Waals surface area contributed by atoms with Crippen LogP contribution in [0.15, 0.2) is 0 Å². The predicted octanol–water partition coefficient (Wildman–Crippen LogP) is 2.96. The van der Waals surface area contributed by atoms with Crippen LogP contribution in [0.25, 0.3) is 0 Å². The first-order chi connectivity index (χ1) is 8.74. The maximum Gasteiger partial charge on any atom is 0.157 e. The third-order valence-corrected chi connectivity index (χ3v) is 4.63. The zero-order chi connectivity index (χ0) is 13.0. The monoisotopic (exact) mass is 256 g/mol. The van der Waals surface area contributed by atoms with Crippen molar-refractivity contribution in [1.82, 2.24) is 0 Å². The minimum absolute atomic E-state index is 0.0415. The molecule has 0 spiro atoms. The van der Waals surface area contributed by atoms with E-state index in [0.717, 1.165) is 37.5 Å². The van der Waals surface area contributed by atoms with Gasteiger partial charge in [0.2, 0.25) is 0 Å². The highest BCUT2D eigenvalue weighted by Crippen LogP contribution is 2.50. The van der Waals surface area contributed by atoms with Gasteiger partial charge in [-0.25, -0.2) is 0 Å². The molecule has 0 aromatic rings. The SMILES string of the molecule is CCOC(CCC[C@@H]1C2CC(C2)C[C@H]1O)OCC. The largest absolute Gasteiger partial charge is 0.393 e. The Kier molecular flexibility index (Phi) is 5.46. The Morgan fingerprint density at radius 1 is 1.11 bits per heavy atom. The van der Waals surface area contributed by atoms with Crippen LogP contribution in [0, 0.1) is 17.8 Å². The molecular formula is C15H28O3. The molecule has 3 heteroatoms. The summed E-state index contributed by atoms with van der Waals surface area (Å²) in [5, 5.41) is 10.1. The molecule has 0 aromatic heterocycles. The second-order valence-corrected chi connectivity index (χ2v) is 5.84. The van der Waals surface area contributed by atoms with E-state index in [4.69, 9.17) is 9.47 Å². The second-order valence-electron chi connectivity index (χ2n) is 5.84. The highest BCUT2D eigenvalue weighted by atomic mass is 16.7. The number of rotatable bonds is 8. The van der Waals surface area contributed by atoms with Crippen LogP contribution in [-0.2, 0) is 9.47 Å². The molecule has 2 atom stereocenters. The first kappa shape index (κ1) is 14.3. The van der Waals surface area contributed by atoms with E-state index in [9.17, 15) is 5.11 Å². The third kappa shape index (κ3) is 3.46. The highest BCUT2D eigenvalue weighted by molar-refractivity contribution is 4.94. The Bertz CT molecular complexity index is 230. The lowest BCUT2D eigenvalue weighted by atomic mass is 9.58. The van der Waals surface area contributed by atoms with E-state index in [1.54, 1.807) is 0 Å². The van der Waals surface area contributed by atoms with Crippen molar-refractivity contribution >= 4 is 0 Å². The zero-order valence-electron chi connectivity index (χ0n) is 11.8. The van der Waals surface area contributed by atoms with Gasteiger partial charge in [0.15, 0.2) is 6.29 Å². The molecule has 0 aliphatic heterocycles. The average Bonchev–Trinajstić information content (AvgIpc) is 2.30. The fourth-order valence-electron chi connectivity index (χ4n) is 3.69. The number of fused-ring (bicyclic) bond motifs is 2. The summed E-state index contributed by atoms with van der Waals surface area (Å²) in [6, 6.07) is 0. The van der Waals surface area contributed by atoms with Gasteiger partial charge in [0.05, 0.1) is 6.10 Å². The Morgan fingerprint density at radius 3 is 2.33 bits per heavy atom. The fourth-order valence-corrected chi connectivity index (χ4v) is 3.69. The topological polar surface area (TPSA) is 38.7 Å². The van der Waals surface area contributed by atoms with E-state index >= 15 is 0 Å². The first-order valence-electron chi connectivity index (χ1n) is 7.65. The average molecular weight is 256 g/mol. The van der Waals surface area contributed by atoms with Crippen molar-refractivity contribution < 1.29 is 14.6 Å². The molecule has 0 aromatic carbocycles. The van der Waals surface area contributed by atoms with Crippen LogP contribution >= 0.6 is 0 Å². The van der Waals surface area contributed by atoms with Crippen LogP contribution < -0.4 is 0 Å². The molecule has 3 fully saturated rings. The van der Waals surface area contributed by atoms with Crippen LogP contribution in [0.5, 0.6) is 0 Å². The van der Waals surface area contributed by atoms with Gasteiger partial charge in [0, 0.05) is 13.2 Å². The molecular weight excluding hydrogens is 228 g/mol. The van der Waals surface area contributed by atoms with Gasteiger partial charge in [-0.05, 0) is 70.1 Å². The molecule has 0 unspecified atom stereocenters. The number of aliphatic hydroxyl groups is 1. The van der Waals surface area contributed by atoms with E-state index in [1.807, 2.05) is 13.8 Å². The minimum atomic E-state index is -0.0464. The molecule has 0 saturated heterocycles. The van der Waals surface area contributed by atoms with Gasteiger partial charge in [-0.2, -0.15) is 0 Å². The van der Waals surface area contributed by atoms with E-state index < -0.39 is 0 Å². The van der Waals surface area contributed by atoms with Crippen molar-refractivity contribution in [2.75, 3.05) is 13.2 Å². The summed E-state index contributed by atoms with van der Waals surface area (Å²) in [5.41, 5.74) is 0. The standard InChI is InChI=1S/C15H28O3/c1-3-17-15(18-4-2)7-5-6-13-12-8-11(9-12)10-14(13)16/h11-16H,3-10H2,1-2H3/t11?,12?,13-,14-/m1/s1. The number of ether oxygens (including phenoxy) is 2. The molecule has 3 nitrogen and oxygen atoms in total. The minimum Gasteiger partial charge on any atom is -0.393 e. The lowest BCUT2D eigenvalue weighted by Gasteiger charge is -2.49. The van der Waals surface area contributed by atoms with Crippen LogP contribution in [0.1, 0.15) is 52.4 Å². The van der Waals surface area contributed by atoms with Crippen LogP contribution in [-0.4, -0.2) is 30.7 Å². The molecule has 0 heterocycles. The lowest BCUT2D eigenvalue weighted by molar-refractivity contribution is -0.142. The maximum atomic E-state index is 10.1. The number of aliphatic hydroxyl groups excluding tert-OH is 1. The van der Waals surface area contributed by atoms with Gasteiger partial charge < -0.3 is 14.6 Å². The van der Waals surface area contributed by atoms with Crippen molar-refractivity contribution in [2.24, 2.45) is 17.8 Å². The van der Waals surface area contributed by atoms with E-state index in [0.29, 0.717) is 19.1 Å². The summed E-state index contributed by atoms with van der Waals surface area (Å²) in [7, 11) is 0. The van der Waals surface area contributed by atoms with Gasteiger partial charge in [-0.3, -0.25) is 0 Å². The summed E-state index contributed by atoms with van der Waals surface area (Å²) < 4.78 is 11.1. The molecule has 0 radical (unpaired) electrons. The summed E-state index contributed by atoms with van der Waals surface area (Å²) in [6.45, 7) is 5.43. The van der Waals surface area contributed by atoms with E-state index in [1.165, 1.54) is 12.8 Å².